The molecule has 1 aliphatic carbocycles. The summed E-state index contributed by atoms with van der Waals surface area (Å²) in [6.45, 7) is -0.303. The fourth-order valence-electron chi connectivity index (χ4n) is 3.59. The van der Waals surface area contributed by atoms with Gasteiger partial charge in [0.25, 0.3) is 0 Å². The minimum absolute atomic E-state index is 0.0585. The molecule has 5 rings (SSSR count). The van der Waals surface area contributed by atoms with E-state index in [1.54, 1.807) is 6.20 Å². The Bertz CT molecular complexity index is 1330. The number of carboxylic acid groups (broad SMARTS) is 1. The topological polar surface area (TPSA) is 88.0 Å². The van der Waals surface area contributed by atoms with E-state index in [0.29, 0.717) is 11.6 Å². The highest BCUT2D eigenvalue weighted by Crippen LogP contribution is 2.42. The third-order valence-electron chi connectivity index (χ3n) is 5.13. The number of imidazole rings is 1. The van der Waals surface area contributed by atoms with Gasteiger partial charge in [0.2, 0.25) is 0 Å². The molecule has 1 N–H and O–H groups in total. The zero-order valence-corrected chi connectivity index (χ0v) is 16.5. The van der Waals surface area contributed by atoms with Crippen LogP contribution in [0.4, 0.5) is 23.8 Å². The van der Waals surface area contributed by atoms with Gasteiger partial charge >= 0.3 is 12.3 Å². The first-order valence-electron chi connectivity index (χ1n) is 9.31. The molecule has 4 heterocycles. The number of hydrogen-bond donors (Lipinski definition) is 1. The van der Waals surface area contributed by atoms with Crippen LogP contribution in [-0.2, 0) is 12.7 Å². The Kier molecular flexibility index (Phi) is 4.33. The van der Waals surface area contributed by atoms with E-state index in [4.69, 9.17) is 11.6 Å². The molecule has 12 heteroatoms. The van der Waals surface area contributed by atoms with Crippen molar-refractivity contribution < 1.29 is 23.1 Å². The maximum atomic E-state index is 13.3. The molecular weight excluding hydrogens is 437 g/mol. The summed E-state index contributed by atoms with van der Waals surface area (Å²) in [6.07, 6.45) is -1.11. The first-order chi connectivity index (χ1) is 14.7. The minimum atomic E-state index is -4.58. The lowest BCUT2D eigenvalue weighted by Crippen LogP contribution is -2.31. The number of amides is 1. The van der Waals surface area contributed by atoms with E-state index in [2.05, 4.69) is 15.1 Å². The molecule has 0 unspecified atom stereocenters. The number of nitrogens with zero attached hydrogens (tertiary/aromatic N) is 6. The van der Waals surface area contributed by atoms with Crippen LogP contribution < -0.4 is 4.90 Å². The number of pyridine rings is 1. The van der Waals surface area contributed by atoms with Gasteiger partial charge in [-0.05, 0) is 30.9 Å². The van der Waals surface area contributed by atoms with Crippen LogP contribution in [0, 0.1) is 0 Å². The molecule has 4 aromatic rings. The summed E-state index contributed by atoms with van der Waals surface area (Å²) in [6, 6.07) is 4.95. The molecule has 0 spiro atoms. The van der Waals surface area contributed by atoms with Gasteiger partial charge in [0, 0.05) is 17.8 Å². The molecule has 1 fully saturated rings. The number of hydrogen-bond acceptors (Lipinski definition) is 4. The van der Waals surface area contributed by atoms with Crippen LogP contribution in [0.5, 0.6) is 0 Å². The highest BCUT2D eigenvalue weighted by atomic mass is 35.5. The average molecular weight is 451 g/mol. The van der Waals surface area contributed by atoms with Gasteiger partial charge in [-0.25, -0.2) is 14.8 Å². The van der Waals surface area contributed by atoms with Crippen molar-refractivity contribution in [3.05, 3.63) is 58.8 Å². The Labute approximate surface area is 177 Å². The Hall–Kier alpha value is -3.34. The molecule has 4 aromatic heterocycles. The van der Waals surface area contributed by atoms with Crippen molar-refractivity contribution in [1.29, 1.82) is 0 Å². The molecule has 0 radical (unpaired) electrons. The Morgan fingerprint density at radius 1 is 1.29 bits per heavy atom. The van der Waals surface area contributed by atoms with Gasteiger partial charge in [0.05, 0.1) is 18.4 Å². The smallest absolute Gasteiger partial charge is 0.431 e. The van der Waals surface area contributed by atoms with E-state index < -0.39 is 18.0 Å². The molecule has 1 saturated carbocycles. The predicted octanol–water partition coefficient (Wildman–Crippen LogP) is 4.61. The SMILES string of the molecule is O=C(O)N(Cc1cn2c(C(F)(F)F)cccc2n1)c1cc(Cl)nc2c(C3CC3)cnn12. The van der Waals surface area contributed by atoms with Gasteiger partial charge in [-0.15, -0.1) is 0 Å². The molecule has 1 amide bonds. The van der Waals surface area contributed by atoms with Gasteiger partial charge in [-0.2, -0.15) is 22.8 Å². The third kappa shape index (κ3) is 3.44. The quantitative estimate of drug-likeness (QED) is 0.459. The van der Waals surface area contributed by atoms with Crippen LogP contribution in [0.25, 0.3) is 11.3 Å². The van der Waals surface area contributed by atoms with Crippen molar-refractivity contribution in [2.75, 3.05) is 4.90 Å². The zero-order chi connectivity index (χ0) is 21.9. The zero-order valence-electron chi connectivity index (χ0n) is 15.7. The van der Waals surface area contributed by atoms with Crippen LogP contribution in [0.2, 0.25) is 5.15 Å². The highest BCUT2D eigenvalue weighted by Gasteiger charge is 2.34. The summed E-state index contributed by atoms with van der Waals surface area (Å²) >= 11 is 6.15. The average Bonchev–Trinajstić information content (AvgIpc) is 3.30. The van der Waals surface area contributed by atoms with Crippen LogP contribution in [0.1, 0.15) is 35.7 Å². The third-order valence-corrected chi connectivity index (χ3v) is 5.32. The maximum absolute atomic E-state index is 13.3. The van der Waals surface area contributed by atoms with Gasteiger partial charge in [-0.3, -0.25) is 9.30 Å². The van der Waals surface area contributed by atoms with E-state index in [0.717, 1.165) is 33.8 Å². The van der Waals surface area contributed by atoms with Crippen LogP contribution >= 0.6 is 11.6 Å². The number of fused-ring (bicyclic) bond motifs is 2. The summed E-state index contributed by atoms with van der Waals surface area (Å²) in [4.78, 5) is 21.4. The molecule has 8 nitrogen and oxygen atoms in total. The van der Waals surface area contributed by atoms with E-state index in [-0.39, 0.29) is 28.9 Å². The predicted molar refractivity (Wildman–Crippen MR) is 104 cm³/mol. The second-order valence-electron chi connectivity index (χ2n) is 7.28. The second-order valence-corrected chi connectivity index (χ2v) is 7.67. The minimum Gasteiger partial charge on any atom is -0.465 e. The number of alkyl halides is 3. The summed E-state index contributed by atoms with van der Waals surface area (Å²) in [5.41, 5.74) is 0.640. The molecule has 0 saturated heterocycles. The fourth-order valence-corrected chi connectivity index (χ4v) is 3.76. The molecule has 1 aliphatic rings. The molecular formula is C19H14ClF3N6O2. The number of aromatic nitrogens is 5. The molecule has 0 aliphatic heterocycles. The highest BCUT2D eigenvalue weighted by molar-refractivity contribution is 6.29. The van der Waals surface area contributed by atoms with Crippen molar-refractivity contribution in [1.82, 2.24) is 24.0 Å². The second kappa shape index (κ2) is 6.84. The number of anilines is 1. The fraction of sp³-hybridized carbons (Fsp3) is 0.263. The first kappa shape index (κ1) is 19.6. The van der Waals surface area contributed by atoms with Gasteiger partial charge in [-0.1, -0.05) is 17.7 Å². The summed E-state index contributed by atoms with van der Waals surface area (Å²) < 4.78 is 42.1. The van der Waals surface area contributed by atoms with E-state index in [1.807, 2.05) is 0 Å². The molecule has 0 atom stereocenters. The largest absolute Gasteiger partial charge is 0.465 e. The normalized spacial score (nSPS) is 14.5. The Balaban J connectivity index is 1.58. The summed E-state index contributed by atoms with van der Waals surface area (Å²) in [7, 11) is 0. The first-order valence-corrected chi connectivity index (χ1v) is 9.69. The molecule has 0 bridgehead atoms. The standard InChI is InChI=1S/C19H14ClF3N6O2/c20-14-6-16(29-17(26-14)12(7-24-29)10-4-5-10)28(18(30)31)9-11-8-27-13(19(21,22)23)2-1-3-15(27)25-11/h1-3,6-8,10H,4-5,9H2,(H,30,31). The van der Waals surface area contributed by atoms with Crippen molar-refractivity contribution in [3.8, 4) is 0 Å². The van der Waals surface area contributed by atoms with Crippen molar-refractivity contribution in [3.63, 3.8) is 0 Å². The Morgan fingerprint density at radius 3 is 2.74 bits per heavy atom. The lowest BCUT2D eigenvalue weighted by atomic mass is 10.2. The number of rotatable bonds is 4. The van der Waals surface area contributed by atoms with E-state index in [1.165, 1.54) is 28.9 Å². The van der Waals surface area contributed by atoms with Gasteiger partial charge in [0.15, 0.2) is 5.65 Å². The van der Waals surface area contributed by atoms with Crippen LogP contribution in [0.15, 0.2) is 36.7 Å². The molecule has 160 valence electrons. The Morgan fingerprint density at radius 2 is 2.06 bits per heavy atom. The number of halogens is 4. The summed E-state index contributed by atoms with van der Waals surface area (Å²) in [5.74, 6) is 0.441. The van der Waals surface area contributed by atoms with Crippen LogP contribution in [-0.4, -0.2) is 35.2 Å². The molecule has 31 heavy (non-hydrogen) atoms. The van der Waals surface area contributed by atoms with E-state index in [9.17, 15) is 23.1 Å². The van der Waals surface area contributed by atoms with Crippen molar-refractivity contribution in [2.45, 2.75) is 31.5 Å². The van der Waals surface area contributed by atoms with Crippen LogP contribution in [0.3, 0.4) is 0 Å². The van der Waals surface area contributed by atoms with Gasteiger partial charge < -0.3 is 5.11 Å². The van der Waals surface area contributed by atoms with Crippen molar-refractivity contribution in [2.24, 2.45) is 0 Å². The molecule has 0 aromatic carbocycles. The van der Waals surface area contributed by atoms with E-state index >= 15 is 0 Å². The maximum Gasteiger partial charge on any atom is 0.431 e. The lowest BCUT2D eigenvalue weighted by Gasteiger charge is -2.19. The monoisotopic (exact) mass is 450 g/mol. The van der Waals surface area contributed by atoms with Crippen molar-refractivity contribution >= 4 is 34.8 Å². The van der Waals surface area contributed by atoms with Gasteiger partial charge in [0.1, 0.15) is 22.3 Å². The lowest BCUT2D eigenvalue weighted by molar-refractivity contribution is -0.142. The number of carbonyl (C=O) groups is 1. The summed E-state index contributed by atoms with van der Waals surface area (Å²) in [5, 5.41) is 14.2.